The number of amides is 2. The van der Waals surface area contributed by atoms with Crippen molar-refractivity contribution in [3.05, 3.63) is 35.9 Å². The SMILES string of the molecule is CC(C)NC(=O)N1C[C@@H]2C(c3ccccc3)[C@H](C1)N2CC1CC1. The Labute approximate surface area is 138 Å². The molecule has 0 aromatic heterocycles. The summed E-state index contributed by atoms with van der Waals surface area (Å²) in [6, 6.07) is 12.2. The van der Waals surface area contributed by atoms with Crippen LogP contribution in [0.25, 0.3) is 0 Å². The van der Waals surface area contributed by atoms with Crippen LogP contribution in [0.3, 0.4) is 0 Å². The van der Waals surface area contributed by atoms with Crippen LogP contribution < -0.4 is 5.32 Å². The Balaban J connectivity index is 1.49. The predicted octanol–water partition coefficient (Wildman–Crippen LogP) is 2.67. The van der Waals surface area contributed by atoms with E-state index in [0.717, 1.165) is 19.0 Å². The molecule has 5 rings (SSSR count). The number of nitrogens with one attached hydrogen (secondary N) is 1. The summed E-state index contributed by atoms with van der Waals surface area (Å²) in [4.78, 5) is 17.1. The quantitative estimate of drug-likeness (QED) is 0.927. The van der Waals surface area contributed by atoms with Crippen molar-refractivity contribution in [3.63, 3.8) is 0 Å². The van der Waals surface area contributed by atoms with E-state index in [1.165, 1.54) is 24.9 Å². The Morgan fingerprint density at radius 2 is 1.83 bits per heavy atom. The minimum atomic E-state index is 0.104. The van der Waals surface area contributed by atoms with Crippen molar-refractivity contribution in [1.29, 1.82) is 0 Å². The largest absolute Gasteiger partial charge is 0.336 e. The number of fused-ring (bicyclic) bond motifs is 2. The number of nitrogens with zero attached hydrogens (tertiary/aromatic N) is 2. The van der Waals surface area contributed by atoms with Gasteiger partial charge in [-0.25, -0.2) is 4.79 Å². The summed E-state index contributed by atoms with van der Waals surface area (Å²) in [5, 5.41) is 3.04. The highest BCUT2D eigenvalue weighted by Crippen LogP contribution is 2.47. The summed E-state index contributed by atoms with van der Waals surface area (Å²) < 4.78 is 0. The second-order valence-corrected chi connectivity index (χ2v) is 7.72. The molecule has 2 amide bonds. The Kier molecular flexibility index (Phi) is 3.80. The molecule has 2 bridgehead atoms. The van der Waals surface area contributed by atoms with E-state index in [4.69, 9.17) is 0 Å². The Hall–Kier alpha value is -1.55. The topological polar surface area (TPSA) is 35.6 Å². The molecule has 1 saturated carbocycles. The molecule has 0 radical (unpaired) electrons. The van der Waals surface area contributed by atoms with Crippen LogP contribution in [0.15, 0.2) is 30.3 Å². The van der Waals surface area contributed by atoms with Crippen molar-refractivity contribution in [2.45, 2.75) is 50.7 Å². The second-order valence-electron chi connectivity index (χ2n) is 7.72. The minimum absolute atomic E-state index is 0.104. The van der Waals surface area contributed by atoms with Gasteiger partial charge in [-0.05, 0) is 38.2 Å². The molecule has 124 valence electrons. The number of hydrogen-bond donors (Lipinski definition) is 1. The van der Waals surface area contributed by atoms with Crippen molar-refractivity contribution in [1.82, 2.24) is 15.1 Å². The lowest BCUT2D eigenvalue weighted by Crippen LogP contribution is -2.74. The lowest BCUT2D eigenvalue weighted by atomic mass is 9.71. The van der Waals surface area contributed by atoms with E-state index in [-0.39, 0.29) is 12.1 Å². The zero-order chi connectivity index (χ0) is 16.0. The first kappa shape index (κ1) is 15.0. The fourth-order valence-electron chi connectivity index (χ4n) is 4.27. The van der Waals surface area contributed by atoms with E-state index in [9.17, 15) is 4.79 Å². The molecule has 1 unspecified atom stereocenters. The lowest BCUT2D eigenvalue weighted by molar-refractivity contribution is -0.0809. The summed E-state index contributed by atoms with van der Waals surface area (Å²) >= 11 is 0. The zero-order valence-corrected chi connectivity index (χ0v) is 14.1. The highest BCUT2D eigenvalue weighted by molar-refractivity contribution is 5.75. The van der Waals surface area contributed by atoms with Crippen molar-refractivity contribution in [3.8, 4) is 0 Å². The highest BCUT2D eigenvalue weighted by Gasteiger charge is 2.55. The van der Waals surface area contributed by atoms with Crippen LogP contribution >= 0.6 is 0 Å². The maximum Gasteiger partial charge on any atom is 0.317 e. The molecule has 23 heavy (non-hydrogen) atoms. The summed E-state index contributed by atoms with van der Waals surface area (Å²) in [6.07, 6.45) is 2.78. The Bertz CT molecular complexity index is 555. The fourth-order valence-corrected chi connectivity index (χ4v) is 4.27. The molecule has 4 aliphatic rings. The number of carbonyl (C=O) groups excluding carboxylic acids is 1. The first-order chi connectivity index (χ1) is 11.1. The lowest BCUT2D eigenvalue weighted by Gasteiger charge is -2.62. The van der Waals surface area contributed by atoms with E-state index in [1.54, 1.807) is 0 Å². The maximum absolute atomic E-state index is 12.4. The molecule has 1 aromatic carbocycles. The van der Waals surface area contributed by atoms with Crippen molar-refractivity contribution >= 4 is 6.03 Å². The third kappa shape index (κ3) is 2.85. The average Bonchev–Trinajstić information content (AvgIpc) is 3.36. The molecule has 4 nitrogen and oxygen atoms in total. The fraction of sp³-hybridized carbons (Fsp3) is 0.632. The minimum Gasteiger partial charge on any atom is -0.336 e. The van der Waals surface area contributed by atoms with E-state index >= 15 is 0 Å². The zero-order valence-electron chi connectivity index (χ0n) is 14.1. The van der Waals surface area contributed by atoms with E-state index in [0.29, 0.717) is 18.0 Å². The highest BCUT2D eigenvalue weighted by atomic mass is 16.2. The van der Waals surface area contributed by atoms with Gasteiger partial charge >= 0.3 is 6.03 Å². The first-order valence-corrected chi connectivity index (χ1v) is 8.99. The summed E-state index contributed by atoms with van der Waals surface area (Å²) in [6.45, 7) is 7.00. The van der Waals surface area contributed by atoms with E-state index < -0.39 is 0 Å². The molecule has 3 heterocycles. The Morgan fingerprint density at radius 1 is 1.17 bits per heavy atom. The maximum atomic E-state index is 12.4. The summed E-state index contributed by atoms with van der Waals surface area (Å²) in [5.41, 5.74) is 1.44. The number of piperazine rings is 1. The Morgan fingerprint density at radius 3 is 2.39 bits per heavy atom. The van der Waals surface area contributed by atoms with Crippen LogP contribution in [0.5, 0.6) is 0 Å². The molecule has 4 heteroatoms. The molecular weight excluding hydrogens is 286 g/mol. The van der Waals surface area contributed by atoms with Gasteiger partial charge in [-0.2, -0.15) is 0 Å². The molecule has 1 aliphatic carbocycles. The van der Waals surface area contributed by atoms with Gasteiger partial charge in [-0.15, -0.1) is 0 Å². The van der Waals surface area contributed by atoms with Crippen LogP contribution in [0.2, 0.25) is 0 Å². The van der Waals surface area contributed by atoms with Gasteiger partial charge in [0.2, 0.25) is 0 Å². The molecule has 3 saturated heterocycles. The van der Waals surface area contributed by atoms with Gasteiger partial charge in [-0.3, -0.25) is 4.90 Å². The van der Waals surface area contributed by atoms with Crippen molar-refractivity contribution in [2.75, 3.05) is 19.6 Å². The molecule has 3 aliphatic heterocycles. The van der Waals surface area contributed by atoms with Gasteiger partial charge in [-0.1, -0.05) is 30.3 Å². The molecule has 1 N–H and O–H groups in total. The molecule has 0 spiro atoms. The van der Waals surface area contributed by atoms with Gasteiger partial charge in [0.05, 0.1) is 0 Å². The molecule has 1 aromatic rings. The normalized spacial score (nSPS) is 30.2. The number of rotatable bonds is 4. The van der Waals surface area contributed by atoms with E-state index in [2.05, 4.69) is 40.5 Å². The van der Waals surface area contributed by atoms with Gasteiger partial charge in [0.1, 0.15) is 0 Å². The monoisotopic (exact) mass is 313 g/mol. The van der Waals surface area contributed by atoms with Gasteiger partial charge in [0.25, 0.3) is 0 Å². The third-order valence-corrected chi connectivity index (χ3v) is 5.55. The second kappa shape index (κ2) is 5.82. The molecule has 4 fully saturated rings. The third-order valence-electron chi connectivity index (χ3n) is 5.55. The number of benzene rings is 1. The van der Waals surface area contributed by atoms with Crippen LogP contribution in [0, 0.1) is 5.92 Å². The molecular formula is C19H27N3O. The number of carbonyl (C=O) groups is 1. The average molecular weight is 313 g/mol. The van der Waals surface area contributed by atoms with Gasteiger partial charge in [0, 0.05) is 43.7 Å². The van der Waals surface area contributed by atoms with Crippen LogP contribution in [-0.4, -0.2) is 53.6 Å². The van der Waals surface area contributed by atoms with Crippen molar-refractivity contribution in [2.24, 2.45) is 5.92 Å². The van der Waals surface area contributed by atoms with Crippen LogP contribution in [0.1, 0.15) is 38.2 Å². The standard InChI is InChI=1S/C19H27N3O/c1-13(2)20-19(23)21-11-16-18(15-6-4-3-5-7-15)17(12-21)22(16)10-14-8-9-14/h3-7,13-14,16-18H,8-12H2,1-2H3,(H,20,23)/t16-,17+,18?. The smallest absolute Gasteiger partial charge is 0.317 e. The van der Waals surface area contributed by atoms with Crippen LogP contribution in [-0.2, 0) is 0 Å². The number of piperidine rings is 1. The van der Waals surface area contributed by atoms with Gasteiger partial charge < -0.3 is 10.2 Å². The first-order valence-electron chi connectivity index (χ1n) is 8.99. The summed E-state index contributed by atoms with van der Waals surface area (Å²) in [5.74, 6) is 1.51. The predicted molar refractivity (Wildman–Crippen MR) is 91.4 cm³/mol. The molecule has 3 atom stereocenters. The van der Waals surface area contributed by atoms with Gasteiger partial charge in [0.15, 0.2) is 0 Å². The number of urea groups is 1. The number of hydrogen-bond acceptors (Lipinski definition) is 2. The summed E-state index contributed by atoms with van der Waals surface area (Å²) in [7, 11) is 0. The van der Waals surface area contributed by atoms with Crippen molar-refractivity contribution < 1.29 is 4.79 Å². The van der Waals surface area contributed by atoms with E-state index in [1.807, 2.05) is 18.7 Å². The van der Waals surface area contributed by atoms with Crippen LogP contribution in [0.4, 0.5) is 4.79 Å².